The molecule has 0 aliphatic rings. The molecule has 0 saturated carbocycles. The Morgan fingerprint density at radius 1 is 1.38 bits per heavy atom. The van der Waals surface area contributed by atoms with Gasteiger partial charge >= 0.3 is 6.01 Å². The third-order valence-corrected chi connectivity index (χ3v) is 2.11. The van der Waals surface area contributed by atoms with Crippen molar-refractivity contribution in [2.45, 2.75) is 32.9 Å². The van der Waals surface area contributed by atoms with Crippen molar-refractivity contribution in [3.05, 3.63) is 5.89 Å². The molecular weight excluding hydrogens is 208 g/mol. The minimum absolute atomic E-state index is 0.0748. The Kier molecular flexibility index (Phi) is 5.21. The van der Waals surface area contributed by atoms with Crippen molar-refractivity contribution >= 4 is 6.01 Å². The van der Waals surface area contributed by atoms with Crippen LogP contribution in [0.15, 0.2) is 4.42 Å². The first-order valence-electron chi connectivity index (χ1n) is 5.49. The Labute approximate surface area is 95.8 Å². The van der Waals surface area contributed by atoms with Gasteiger partial charge in [-0.25, -0.2) is 0 Å². The largest absolute Gasteiger partial charge is 0.406 e. The van der Waals surface area contributed by atoms with E-state index < -0.39 is 0 Å². The third kappa shape index (κ3) is 3.79. The molecule has 6 nitrogen and oxygen atoms in total. The molecule has 1 aromatic heterocycles. The monoisotopic (exact) mass is 228 g/mol. The van der Waals surface area contributed by atoms with Crippen LogP contribution in [0.25, 0.3) is 0 Å². The number of anilines is 1. The molecule has 0 amide bonds. The van der Waals surface area contributed by atoms with Crippen molar-refractivity contribution in [1.29, 1.82) is 0 Å². The lowest BCUT2D eigenvalue weighted by molar-refractivity contribution is 0.189. The highest BCUT2D eigenvalue weighted by molar-refractivity contribution is 5.19. The highest BCUT2D eigenvalue weighted by atomic mass is 16.5. The van der Waals surface area contributed by atoms with Crippen molar-refractivity contribution in [2.24, 2.45) is 0 Å². The Hall–Kier alpha value is -1.14. The van der Waals surface area contributed by atoms with E-state index in [1.807, 2.05) is 20.8 Å². The van der Waals surface area contributed by atoms with Crippen LogP contribution in [-0.2, 0) is 4.74 Å². The predicted molar refractivity (Wildman–Crippen MR) is 61.4 cm³/mol. The van der Waals surface area contributed by atoms with Gasteiger partial charge in [0.15, 0.2) is 0 Å². The second-order valence-electron chi connectivity index (χ2n) is 3.73. The fraction of sp³-hybridized carbons (Fsp3) is 0.800. The molecular formula is C10H20N4O2. The molecule has 0 aliphatic heterocycles. The standard InChI is InChI=1S/C10H20N4O2/c1-5-11-8(3)9-13-14-10(16-9)12-7(2)6-15-4/h7-8,11H,5-6H2,1-4H3,(H,12,14). The molecule has 0 saturated heterocycles. The van der Waals surface area contributed by atoms with Crippen LogP contribution in [0.3, 0.4) is 0 Å². The van der Waals surface area contributed by atoms with Gasteiger partial charge in [0, 0.05) is 7.11 Å². The maximum atomic E-state index is 5.46. The molecule has 1 rings (SSSR count). The molecule has 2 N–H and O–H groups in total. The van der Waals surface area contributed by atoms with Crippen LogP contribution < -0.4 is 10.6 Å². The Balaban J connectivity index is 2.50. The van der Waals surface area contributed by atoms with Gasteiger partial charge in [0.1, 0.15) is 0 Å². The normalized spacial score (nSPS) is 14.8. The van der Waals surface area contributed by atoms with E-state index in [-0.39, 0.29) is 12.1 Å². The van der Waals surface area contributed by atoms with Crippen molar-refractivity contribution in [3.63, 3.8) is 0 Å². The molecule has 6 heteroatoms. The topological polar surface area (TPSA) is 72.2 Å². The quantitative estimate of drug-likeness (QED) is 0.730. The second-order valence-corrected chi connectivity index (χ2v) is 3.73. The van der Waals surface area contributed by atoms with Gasteiger partial charge in [0.25, 0.3) is 0 Å². The van der Waals surface area contributed by atoms with E-state index in [1.165, 1.54) is 0 Å². The molecule has 0 bridgehead atoms. The smallest absolute Gasteiger partial charge is 0.315 e. The minimum Gasteiger partial charge on any atom is -0.406 e. The van der Waals surface area contributed by atoms with Crippen LogP contribution in [-0.4, -0.2) is 36.5 Å². The van der Waals surface area contributed by atoms with Gasteiger partial charge in [-0.3, -0.25) is 0 Å². The molecule has 92 valence electrons. The molecule has 0 aliphatic carbocycles. The first kappa shape index (κ1) is 12.9. The van der Waals surface area contributed by atoms with Gasteiger partial charge in [0.05, 0.1) is 18.7 Å². The van der Waals surface area contributed by atoms with E-state index in [9.17, 15) is 0 Å². The first-order chi connectivity index (χ1) is 7.67. The summed E-state index contributed by atoms with van der Waals surface area (Å²) < 4.78 is 10.5. The fourth-order valence-electron chi connectivity index (χ4n) is 1.36. The average Bonchev–Trinajstić information content (AvgIpc) is 2.67. The lowest BCUT2D eigenvalue weighted by Gasteiger charge is -2.10. The van der Waals surface area contributed by atoms with E-state index in [2.05, 4.69) is 20.8 Å². The maximum Gasteiger partial charge on any atom is 0.315 e. The highest BCUT2D eigenvalue weighted by Crippen LogP contribution is 2.13. The zero-order valence-corrected chi connectivity index (χ0v) is 10.3. The molecule has 16 heavy (non-hydrogen) atoms. The molecule has 0 fully saturated rings. The van der Waals surface area contributed by atoms with Crippen LogP contribution in [0.2, 0.25) is 0 Å². The summed E-state index contributed by atoms with van der Waals surface area (Å²) in [6.07, 6.45) is 0. The molecule has 1 heterocycles. The van der Waals surface area contributed by atoms with Gasteiger partial charge in [-0.1, -0.05) is 12.0 Å². The maximum absolute atomic E-state index is 5.46. The molecule has 2 unspecified atom stereocenters. The van der Waals surface area contributed by atoms with Crippen LogP contribution >= 0.6 is 0 Å². The van der Waals surface area contributed by atoms with E-state index >= 15 is 0 Å². The van der Waals surface area contributed by atoms with E-state index in [4.69, 9.17) is 9.15 Å². The average molecular weight is 228 g/mol. The summed E-state index contributed by atoms with van der Waals surface area (Å²) in [5, 5.41) is 14.2. The molecule has 0 spiro atoms. The summed E-state index contributed by atoms with van der Waals surface area (Å²) in [5.74, 6) is 0.592. The van der Waals surface area contributed by atoms with E-state index in [0.29, 0.717) is 18.5 Å². The summed E-state index contributed by atoms with van der Waals surface area (Å²) in [4.78, 5) is 0. The van der Waals surface area contributed by atoms with Crippen molar-refractivity contribution in [3.8, 4) is 0 Å². The van der Waals surface area contributed by atoms with Crippen LogP contribution in [0.1, 0.15) is 32.7 Å². The predicted octanol–water partition coefficient (Wildman–Crippen LogP) is 1.19. The summed E-state index contributed by atoms with van der Waals surface area (Å²) >= 11 is 0. The zero-order valence-electron chi connectivity index (χ0n) is 10.3. The number of hydrogen-bond donors (Lipinski definition) is 2. The SMILES string of the molecule is CCNC(C)c1nnc(NC(C)COC)o1. The van der Waals surface area contributed by atoms with Crippen molar-refractivity contribution < 1.29 is 9.15 Å². The van der Waals surface area contributed by atoms with Gasteiger partial charge in [-0.15, -0.1) is 5.10 Å². The van der Waals surface area contributed by atoms with Gasteiger partial charge in [-0.05, 0) is 20.4 Å². The highest BCUT2D eigenvalue weighted by Gasteiger charge is 2.13. The van der Waals surface area contributed by atoms with Crippen LogP contribution in [0.4, 0.5) is 6.01 Å². The fourth-order valence-corrected chi connectivity index (χ4v) is 1.36. The lowest BCUT2D eigenvalue weighted by atomic mass is 10.3. The zero-order chi connectivity index (χ0) is 12.0. The van der Waals surface area contributed by atoms with Crippen LogP contribution in [0.5, 0.6) is 0 Å². The third-order valence-electron chi connectivity index (χ3n) is 2.11. The number of aromatic nitrogens is 2. The number of nitrogens with zero attached hydrogens (tertiary/aromatic N) is 2. The van der Waals surface area contributed by atoms with E-state index in [0.717, 1.165) is 6.54 Å². The van der Waals surface area contributed by atoms with Gasteiger partial charge in [-0.2, -0.15) is 0 Å². The van der Waals surface area contributed by atoms with Crippen LogP contribution in [0, 0.1) is 0 Å². The molecule has 0 radical (unpaired) electrons. The first-order valence-corrected chi connectivity index (χ1v) is 5.49. The minimum atomic E-state index is 0.0748. The van der Waals surface area contributed by atoms with Crippen molar-refractivity contribution in [1.82, 2.24) is 15.5 Å². The number of rotatable bonds is 7. The number of hydrogen-bond acceptors (Lipinski definition) is 6. The Morgan fingerprint density at radius 3 is 2.75 bits per heavy atom. The lowest BCUT2D eigenvalue weighted by Crippen LogP contribution is -2.21. The summed E-state index contributed by atoms with van der Waals surface area (Å²) in [6.45, 7) is 7.47. The molecule has 2 atom stereocenters. The van der Waals surface area contributed by atoms with Gasteiger partial charge in [0.2, 0.25) is 5.89 Å². The van der Waals surface area contributed by atoms with Crippen molar-refractivity contribution in [2.75, 3.05) is 25.6 Å². The molecule has 1 aromatic rings. The summed E-state index contributed by atoms with van der Waals surface area (Å²) in [5.41, 5.74) is 0. The molecule has 0 aromatic carbocycles. The van der Waals surface area contributed by atoms with E-state index in [1.54, 1.807) is 7.11 Å². The van der Waals surface area contributed by atoms with Gasteiger partial charge < -0.3 is 19.8 Å². The Bertz CT molecular complexity index is 303. The number of nitrogens with one attached hydrogen (secondary N) is 2. The number of ether oxygens (including phenoxy) is 1. The Morgan fingerprint density at radius 2 is 2.12 bits per heavy atom. The summed E-state index contributed by atoms with van der Waals surface area (Å²) in [7, 11) is 1.66. The number of methoxy groups -OCH3 is 1. The second kappa shape index (κ2) is 6.44. The summed E-state index contributed by atoms with van der Waals surface area (Å²) in [6, 6.07) is 0.655.